The van der Waals surface area contributed by atoms with E-state index in [0.717, 1.165) is 24.2 Å². The zero-order chi connectivity index (χ0) is 19.3. The Balaban J connectivity index is 1.63. The number of fused-ring (bicyclic) bond motifs is 4. The zero-order valence-corrected chi connectivity index (χ0v) is 15.5. The van der Waals surface area contributed by atoms with E-state index in [9.17, 15) is 9.59 Å². The molecule has 4 heterocycles. The first-order valence-electron chi connectivity index (χ1n) is 9.35. The van der Waals surface area contributed by atoms with Gasteiger partial charge in [-0.1, -0.05) is 18.2 Å². The minimum Gasteiger partial charge on any atom is -0.311 e. The van der Waals surface area contributed by atoms with Gasteiger partial charge < -0.3 is 4.90 Å². The van der Waals surface area contributed by atoms with Gasteiger partial charge in [-0.05, 0) is 49.6 Å². The number of pyridine rings is 1. The summed E-state index contributed by atoms with van der Waals surface area (Å²) in [6.45, 7) is 2.46. The maximum absolute atomic E-state index is 13.2. The second kappa shape index (κ2) is 6.30. The molecule has 0 saturated carbocycles. The second-order valence-electron chi connectivity index (χ2n) is 7.10. The van der Waals surface area contributed by atoms with Crippen molar-refractivity contribution < 1.29 is 4.79 Å². The van der Waals surface area contributed by atoms with Crippen molar-refractivity contribution in [2.24, 2.45) is 0 Å². The van der Waals surface area contributed by atoms with E-state index in [0.29, 0.717) is 23.2 Å². The van der Waals surface area contributed by atoms with E-state index >= 15 is 0 Å². The molecule has 5 rings (SSSR count). The number of carbonyl (C=O) groups excluding carboxylic acids is 1. The summed E-state index contributed by atoms with van der Waals surface area (Å²) in [5.74, 6) is -0.0972. The lowest BCUT2D eigenvalue weighted by molar-refractivity contribution is -0.119. The topological polar surface area (TPSA) is 72.5 Å². The van der Waals surface area contributed by atoms with Gasteiger partial charge in [-0.25, -0.2) is 9.50 Å². The average Bonchev–Trinajstić information content (AvgIpc) is 3.12. The van der Waals surface area contributed by atoms with Crippen molar-refractivity contribution in [2.75, 3.05) is 11.4 Å². The largest absolute Gasteiger partial charge is 0.311 e. The first-order valence-corrected chi connectivity index (χ1v) is 9.35. The summed E-state index contributed by atoms with van der Waals surface area (Å²) in [5, 5.41) is 4.39. The smallest absolute Gasteiger partial charge is 0.277 e. The van der Waals surface area contributed by atoms with Crippen LogP contribution in [-0.2, 0) is 17.8 Å². The molecule has 4 aromatic rings. The Bertz CT molecular complexity index is 1290. The Hall–Kier alpha value is -3.48. The number of para-hydroxylation sites is 1. The van der Waals surface area contributed by atoms with Gasteiger partial charge in [-0.2, -0.15) is 5.10 Å². The minimum absolute atomic E-state index is 0.0317. The Kier molecular flexibility index (Phi) is 3.75. The molecule has 0 bridgehead atoms. The Labute approximate surface area is 160 Å². The van der Waals surface area contributed by atoms with Crippen molar-refractivity contribution in [1.29, 1.82) is 0 Å². The van der Waals surface area contributed by atoms with E-state index in [2.05, 4.69) is 16.1 Å². The number of aryl methyl sites for hydroxylation is 2. The quantitative estimate of drug-likeness (QED) is 0.541. The number of anilines is 1. The van der Waals surface area contributed by atoms with E-state index in [4.69, 9.17) is 0 Å². The molecule has 0 fully saturated rings. The summed E-state index contributed by atoms with van der Waals surface area (Å²) in [5.41, 5.74) is 4.20. The van der Waals surface area contributed by atoms with Crippen LogP contribution in [0.15, 0.2) is 53.5 Å². The molecule has 28 heavy (non-hydrogen) atoms. The third-order valence-corrected chi connectivity index (χ3v) is 5.26. The normalized spacial score (nSPS) is 13.8. The van der Waals surface area contributed by atoms with Crippen molar-refractivity contribution in [1.82, 2.24) is 19.2 Å². The highest BCUT2D eigenvalue weighted by Gasteiger charge is 2.24. The lowest BCUT2D eigenvalue weighted by Gasteiger charge is -2.29. The van der Waals surface area contributed by atoms with Crippen LogP contribution in [0.5, 0.6) is 0 Å². The Morgan fingerprint density at radius 1 is 1.14 bits per heavy atom. The van der Waals surface area contributed by atoms with E-state index in [1.807, 2.05) is 25.1 Å². The predicted octanol–water partition coefficient (Wildman–Crippen LogP) is 2.33. The Morgan fingerprint density at radius 2 is 2.00 bits per heavy atom. The summed E-state index contributed by atoms with van der Waals surface area (Å²) >= 11 is 0. The van der Waals surface area contributed by atoms with Crippen molar-refractivity contribution in [3.63, 3.8) is 0 Å². The van der Waals surface area contributed by atoms with Gasteiger partial charge in [0, 0.05) is 18.4 Å². The third-order valence-electron chi connectivity index (χ3n) is 5.26. The highest BCUT2D eigenvalue weighted by Crippen LogP contribution is 2.27. The monoisotopic (exact) mass is 373 g/mol. The molecule has 1 aliphatic rings. The standard InChI is InChI=1S/C21H19N5O2/c1-14-12-18-21(28)25(17-9-4-10-22-20(17)26(18)23-14)13-19(27)24-11-5-7-15-6-2-3-8-16(15)24/h2-4,6,8-10,12H,5,7,11,13H2,1H3. The van der Waals surface area contributed by atoms with Crippen molar-refractivity contribution in [2.45, 2.75) is 26.3 Å². The molecule has 0 saturated heterocycles. The summed E-state index contributed by atoms with van der Waals surface area (Å²) in [4.78, 5) is 32.5. The molecule has 3 aromatic heterocycles. The molecule has 7 heteroatoms. The molecule has 1 aliphatic heterocycles. The second-order valence-corrected chi connectivity index (χ2v) is 7.10. The number of hydrogen-bond donors (Lipinski definition) is 0. The number of hydrogen-bond acceptors (Lipinski definition) is 4. The molecule has 0 atom stereocenters. The predicted molar refractivity (Wildman–Crippen MR) is 107 cm³/mol. The molecule has 0 unspecified atom stereocenters. The average molecular weight is 373 g/mol. The van der Waals surface area contributed by atoms with Gasteiger partial charge in [0.1, 0.15) is 12.1 Å². The van der Waals surface area contributed by atoms with Crippen LogP contribution in [0.4, 0.5) is 5.69 Å². The highest BCUT2D eigenvalue weighted by atomic mass is 16.2. The van der Waals surface area contributed by atoms with Crippen LogP contribution in [-0.4, -0.2) is 31.6 Å². The van der Waals surface area contributed by atoms with Gasteiger partial charge in [-0.15, -0.1) is 0 Å². The van der Waals surface area contributed by atoms with Gasteiger partial charge in [0.05, 0.1) is 11.2 Å². The van der Waals surface area contributed by atoms with Crippen LogP contribution >= 0.6 is 0 Å². The van der Waals surface area contributed by atoms with Gasteiger partial charge >= 0.3 is 0 Å². The summed E-state index contributed by atoms with van der Waals surface area (Å²) in [7, 11) is 0. The molecule has 1 aromatic carbocycles. The van der Waals surface area contributed by atoms with Crippen LogP contribution in [0, 0.1) is 6.92 Å². The minimum atomic E-state index is -0.236. The van der Waals surface area contributed by atoms with Crippen molar-refractivity contribution >= 4 is 28.3 Å². The maximum atomic E-state index is 13.2. The summed E-state index contributed by atoms with van der Waals surface area (Å²) in [6.07, 6.45) is 3.55. The van der Waals surface area contributed by atoms with Crippen molar-refractivity contribution in [3.05, 3.63) is 70.3 Å². The molecule has 0 spiro atoms. The Morgan fingerprint density at radius 3 is 2.89 bits per heavy atom. The van der Waals surface area contributed by atoms with Crippen LogP contribution in [0.25, 0.3) is 16.7 Å². The summed E-state index contributed by atoms with van der Waals surface area (Å²) in [6, 6.07) is 13.3. The number of nitrogens with zero attached hydrogens (tertiary/aromatic N) is 5. The number of aromatic nitrogens is 4. The fourth-order valence-corrected chi connectivity index (χ4v) is 3.99. The van der Waals surface area contributed by atoms with E-state index in [1.165, 1.54) is 10.1 Å². The van der Waals surface area contributed by atoms with Gasteiger partial charge in [-0.3, -0.25) is 14.2 Å². The van der Waals surface area contributed by atoms with Gasteiger partial charge in [0.25, 0.3) is 5.56 Å². The van der Waals surface area contributed by atoms with Crippen molar-refractivity contribution in [3.8, 4) is 0 Å². The molecular formula is C21H19N5O2. The van der Waals surface area contributed by atoms with Crippen LogP contribution < -0.4 is 10.5 Å². The number of amides is 1. The summed E-state index contributed by atoms with van der Waals surface area (Å²) < 4.78 is 3.07. The molecule has 7 nitrogen and oxygen atoms in total. The SMILES string of the molecule is Cc1cc2c(=O)n(CC(=O)N3CCCc4ccccc43)c3cccnc3n2n1. The molecule has 0 aliphatic carbocycles. The first kappa shape index (κ1) is 16.7. The lowest BCUT2D eigenvalue weighted by Crippen LogP contribution is -2.40. The van der Waals surface area contributed by atoms with Crippen LogP contribution in [0.3, 0.4) is 0 Å². The van der Waals surface area contributed by atoms with Gasteiger partial charge in [0.15, 0.2) is 5.65 Å². The molecule has 140 valence electrons. The third kappa shape index (κ3) is 2.51. The van der Waals surface area contributed by atoms with E-state index in [-0.39, 0.29) is 18.0 Å². The van der Waals surface area contributed by atoms with E-state index < -0.39 is 0 Å². The molecule has 0 N–H and O–H groups in total. The fourth-order valence-electron chi connectivity index (χ4n) is 3.99. The van der Waals surface area contributed by atoms with Crippen LogP contribution in [0.1, 0.15) is 17.7 Å². The van der Waals surface area contributed by atoms with Crippen LogP contribution in [0.2, 0.25) is 0 Å². The van der Waals surface area contributed by atoms with Gasteiger partial charge in [0.2, 0.25) is 5.91 Å². The lowest BCUT2D eigenvalue weighted by atomic mass is 10.0. The first-order chi connectivity index (χ1) is 13.6. The molecule has 1 amide bonds. The fraction of sp³-hybridized carbons (Fsp3) is 0.238. The maximum Gasteiger partial charge on any atom is 0.277 e. The highest BCUT2D eigenvalue weighted by molar-refractivity contribution is 5.95. The molecular weight excluding hydrogens is 354 g/mol. The number of benzene rings is 1. The number of rotatable bonds is 2. The van der Waals surface area contributed by atoms with E-state index in [1.54, 1.807) is 33.8 Å². The molecule has 0 radical (unpaired) electrons. The number of carbonyl (C=O) groups is 1. The zero-order valence-electron chi connectivity index (χ0n) is 15.5.